The van der Waals surface area contributed by atoms with Crippen molar-refractivity contribution in [3.05, 3.63) is 59.4 Å². The van der Waals surface area contributed by atoms with Gasteiger partial charge < -0.3 is 14.2 Å². The molecular weight excluding hydrogens is 437 g/mol. The summed E-state index contributed by atoms with van der Waals surface area (Å²) in [5.74, 6) is -0.139. The number of halogens is 1. The summed E-state index contributed by atoms with van der Waals surface area (Å²) in [5.41, 5.74) is 2.50. The van der Waals surface area contributed by atoms with E-state index in [0.29, 0.717) is 19.6 Å². The second-order valence-corrected chi connectivity index (χ2v) is 9.27. The van der Waals surface area contributed by atoms with Crippen molar-refractivity contribution in [2.45, 2.75) is 36.7 Å². The van der Waals surface area contributed by atoms with Crippen LogP contribution in [0.5, 0.6) is 5.75 Å². The Labute approximate surface area is 199 Å². The molecule has 0 amide bonds. The molecule has 5 rings (SSSR count). The summed E-state index contributed by atoms with van der Waals surface area (Å²) in [6, 6.07) is 12.6. The Morgan fingerprint density at radius 3 is 2.68 bits per heavy atom. The maximum absolute atomic E-state index is 13.7. The number of hydrazone groups is 1. The lowest BCUT2D eigenvalue weighted by Gasteiger charge is -2.33. The van der Waals surface area contributed by atoms with Gasteiger partial charge in [0.1, 0.15) is 11.6 Å². The normalized spacial score (nSPS) is 28.2. The average molecular weight is 468 g/mol. The van der Waals surface area contributed by atoms with E-state index in [-0.39, 0.29) is 29.5 Å². The lowest BCUT2D eigenvalue weighted by Crippen LogP contribution is -2.35. The van der Waals surface area contributed by atoms with E-state index in [4.69, 9.17) is 14.2 Å². The van der Waals surface area contributed by atoms with Gasteiger partial charge in [-0.05, 0) is 55.2 Å². The van der Waals surface area contributed by atoms with E-state index in [1.807, 2.05) is 30.5 Å². The lowest BCUT2D eigenvalue weighted by atomic mass is 9.76. The molecule has 2 aromatic rings. The second kappa shape index (κ2) is 8.91. The summed E-state index contributed by atoms with van der Waals surface area (Å²) in [7, 11) is 5.02. The van der Waals surface area contributed by atoms with Crippen LogP contribution in [-0.2, 0) is 14.3 Å². The van der Waals surface area contributed by atoms with Gasteiger partial charge in [-0.25, -0.2) is 9.51 Å². The molecule has 0 bridgehead atoms. The van der Waals surface area contributed by atoms with Gasteiger partial charge in [-0.2, -0.15) is 5.10 Å². The maximum Gasteiger partial charge on any atom is 0.309 e. The second-order valence-electron chi connectivity index (χ2n) is 9.27. The minimum absolute atomic E-state index is 0.100. The van der Waals surface area contributed by atoms with Gasteiger partial charge in [-0.3, -0.25) is 9.80 Å². The minimum atomic E-state index is -0.518. The molecule has 1 aliphatic carbocycles. The zero-order valence-electron chi connectivity index (χ0n) is 19.7. The van der Waals surface area contributed by atoms with Gasteiger partial charge in [0, 0.05) is 30.7 Å². The molecule has 7 nitrogen and oxygen atoms in total. The van der Waals surface area contributed by atoms with E-state index in [0.717, 1.165) is 35.4 Å². The predicted molar refractivity (Wildman–Crippen MR) is 127 cm³/mol. The molecule has 2 heterocycles. The van der Waals surface area contributed by atoms with Crippen LogP contribution in [0, 0.1) is 11.7 Å². The molecule has 4 atom stereocenters. The number of nitrogens with zero attached hydrogens (tertiary/aromatic N) is 3. The molecule has 1 spiro atoms. The maximum atomic E-state index is 13.7. The van der Waals surface area contributed by atoms with Gasteiger partial charge in [0.15, 0.2) is 0 Å². The summed E-state index contributed by atoms with van der Waals surface area (Å²) < 4.78 is 31.1. The highest BCUT2D eigenvalue weighted by molar-refractivity contribution is 5.75. The van der Waals surface area contributed by atoms with Crippen LogP contribution >= 0.6 is 0 Å². The average Bonchev–Trinajstić information content (AvgIpc) is 3.58. The van der Waals surface area contributed by atoms with Crippen LogP contribution in [0.3, 0.4) is 0 Å². The summed E-state index contributed by atoms with van der Waals surface area (Å²) in [5, 5.41) is 8.21. The van der Waals surface area contributed by atoms with Gasteiger partial charge in [0.25, 0.3) is 0 Å². The number of anilines is 1. The van der Waals surface area contributed by atoms with Crippen LogP contribution in [0.1, 0.15) is 42.2 Å². The van der Waals surface area contributed by atoms with Crippen molar-refractivity contribution in [1.82, 2.24) is 5.12 Å². The van der Waals surface area contributed by atoms with Crippen molar-refractivity contribution in [3.63, 3.8) is 0 Å². The van der Waals surface area contributed by atoms with E-state index >= 15 is 0 Å². The number of methoxy groups -OCH3 is 2. The SMILES string of the molecule is COC(=O)C1CCC2(CC(c3cc(N4CC=NN4C)ccc3OC)CO2)C1c1ccc(F)cc1. The molecule has 3 aliphatic rings. The fraction of sp³-hybridized carbons (Fsp3) is 0.462. The molecule has 2 aromatic carbocycles. The first kappa shape index (κ1) is 22.7. The molecular formula is C26H30FN3O4. The standard InChI is InChI=1S/C26H30FN3O4/c1-29-28-12-13-30(29)20-8-9-23(32-2)22(14-20)18-15-26(34-16-18)11-10-21(25(31)33-3)24(26)17-4-6-19(27)7-5-17/h4-9,12,14,18,21,24H,10-11,13,15-16H2,1-3H3. The number of ether oxygens (including phenoxy) is 3. The van der Waals surface area contributed by atoms with E-state index < -0.39 is 5.60 Å². The Bertz CT molecular complexity index is 1090. The van der Waals surface area contributed by atoms with Crippen LogP contribution in [-0.4, -0.2) is 57.3 Å². The molecule has 0 aromatic heterocycles. The molecule has 2 aliphatic heterocycles. The molecule has 2 fully saturated rings. The molecule has 180 valence electrons. The van der Waals surface area contributed by atoms with Crippen molar-refractivity contribution in [3.8, 4) is 5.75 Å². The molecule has 1 saturated carbocycles. The van der Waals surface area contributed by atoms with Crippen LogP contribution < -0.4 is 9.75 Å². The fourth-order valence-corrected chi connectivity index (χ4v) is 5.98. The topological polar surface area (TPSA) is 63.6 Å². The van der Waals surface area contributed by atoms with Crippen molar-refractivity contribution in [1.29, 1.82) is 0 Å². The third-order valence-electron chi connectivity index (χ3n) is 7.55. The number of carbonyl (C=O) groups is 1. The molecule has 4 unspecified atom stereocenters. The number of carbonyl (C=O) groups excluding carboxylic acids is 1. The zero-order valence-corrected chi connectivity index (χ0v) is 19.7. The van der Waals surface area contributed by atoms with Crippen LogP contribution in [0.25, 0.3) is 0 Å². The van der Waals surface area contributed by atoms with Crippen molar-refractivity contribution in [2.24, 2.45) is 11.0 Å². The molecule has 0 radical (unpaired) electrons. The Balaban J connectivity index is 1.48. The van der Waals surface area contributed by atoms with Crippen molar-refractivity contribution in [2.75, 3.05) is 39.4 Å². The molecule has 8 heteroatoms. The van der Waals surface area contributed by atoms with E-state index in [2.05, 4.69) is 16.2 Å². The largest absolute Gasteiger partial charge is 0.496 e. The predicted octanol–water partition coefficient (Wildman–Crippen LogP) is 4.10. The lowest BCUT2D eigenvalue weighted by molar-refractivity contribution is -0.146. The number of hydrogen-bond acceptors (Lipinski definition) is 7. The van der Waals surface area contributed by atoms with Gasteiger partial charge in [0.05, 0.1) is 44.6 Å². The van der Waals surface area contributed by atoms with Crippen molar-refractivity contribution >= 4 is 17.9 Å². The van der Waals surface area contributed by atoms with Gasteiger partial charge in [-0.1, -0.05) is 12.1 Å². The van der Waals surface area contributed by atoms with E-state index in [9.17, 15) is 9.18 Å². The number of benzene rings is 2. The highest BCUT2D eigenvalue weighted by Gasteiger charge is 2.56. The number of hydrogen-bond donors (Lipinski definition) is 0. The van der Waals surface area contributed by atoms with E-state index in [1.54, 1.807) is 19.2 Å². The Morgan fingerprint density at radius 1 is 1.21 bits per heavy atom. The van der Waals surface area contributed by atoms with Gasteiger partial charge in [-0.15, -0.1) is 0 Å². The highest BCUT2D eigenvalue weighted by atomic mass is 19.1. The Kier molecular flexibility index (Phi) is 5.93. The van der Waals surface area contributed by atoms with Crippen LogP contribution in [0.2, 0.25) is 0 Å². The summed E-state index contributed by atoms with van der Waals surface area (Å²) in [6.45, 7) is 1.23. The third-order valence-corrected chi connectivity index (χ3v) is 7.55. The monoisotopic (exact) mass is 467 g/mol. The number of esters is 1. The summed E-state index contributed by atoms with van der Waals surface area (Å²) >= 11 is 0. The first-order chi connectivity index (χ1) is 16.5. The number of rotatable bonds is 5. The van der Waals surface area contributed by atoms with Gasteiger partial charge in [0.2, 0.25) is 0 Å². The molecule has 1 saturated heterocycles. The number of hydrazine groups is 1. The first-order valence-corrected chi connectivity index (χ1v) is 11.6. The summed E-state index contributed by atoms with van der Waals surface area (Å²) in [4.78, 5) is 12.7. The minimum Gasteiger partial charge on any atom is -0.496 e. The first-order valence-electron chi connectivity index (χ1n) is 11.6. The quantitative estimate of drug-likeness (QED) is 0.617. The third kappa shape index (κ3) is 3.79. The zero-order chi connectivity index (χ0) is 23.9. The Hall–Kier alpha value is -3.13. The van der Waals surface area contributed by atoms with Gasteiger partial charge >= 0.3 is 5.97 Å². The highest BCUT2D eigenvalue weighted by Crippen LogP contribution is 2.57. The smallest absolute Gasteiger partial charge is 0.309 e. The molecule has 0 N–H and O–H groups in total. The van der Waals surface area contributed by atoms with Crippen LogP contribution in [0.4, 0.5) is 10.1 Å². The fourth-order valence-electron chi connectivity index (χ4n) is 5.98. The molecule has 34 heavy (non-hydrogen) atoms. The van der Waals surface area contributed by atoms with Crippen molar-refractivity contribution < 1.29 is 23.4 Å². The Morgan fingerprint density at radius 2 is 2.00 bits per heavy atom. The van der Waals surface area contributed by atoms with E-state index in [1.165, 1.54) is 19.2 Å². The van der Waals surface area contributed by atoms with Crippen LogP contribution in [0.15, 0.2) is 47.6 Å². The summed E-state index contributed by atoms with van der Waals surface area (Å²) in [6.07, 6.45) is 4.04.